The van der Waals surface area contributed by atoms with Gasteiger partial charge in [0.1, 0.15) is 0 Å². The Balaban J connectivity index is 1.81. The van der Waals surface area contributed by atoms with Gasteiger partial charge in [0.15, 0.2) is 0 Å². The molecule has 6 heteroatoms. The van der Waals surface area contributed by atoms with E-state index in [1.165, 1.54) is 5.56 Å². The molecule has 25 heavy (non-hydrogen) atoms. The number of nitrogens with zero attached hydrogens (tertiary/aromatic N) is 1. The smallest absolute Gasteiger partial charge is 0.481 e. The number of pyridine rings is 1. The third-order valence-corrected chi connectivity index (χ3v) is 4.92. The van der Waals surface area contributed by atoms with E-state index in [1.54, 1.807) is 13.3 Å². The molecule has 2 heterocycles. The molecule has 1 aliphatic heterocycles. The van der Waals surface area contributed by atoms with E-state index in [9.17, 15) is 0 Å². The Morgan fingerprint density at radius 3 is 2.32 bits per heavy atom. The van der Waals surface area contributed by atoms with Gasteiger partial charge in [-0.1, -0.05) is 30.3 Å². The summed E-state index contributed by atoms with van der Waals surface area (Å²) in [6.45, 7) is 8.85. The van der Waals surface area contributed by atoms with Gasteiger partial charge in [0, 0.05) is 12.0 Å². The number of ether oxygens (including phenoxy) is 1. The molecular weight excluding hydrogens is 315 g/mol. The lowest BCUT2D eigenvalue weighted by atomic mass is 9.79. The summed E-state index contributed by atoms with van der Waals surface area (Å²) in [6.07, 6.45) is 1.76. The first-order chi connectivity index (χ1) is 11.8. The van der Waals surface area contributed by atoms with Gasteiger partial charge < -0.3 is 19.4 Å². The molecule has 5 nitrogen and oxygen atoms in total. The first kappa shape index (κ1) is 17.8. The molecule has 0 spiro atoms. The molecule has 132 valence electrons. The maximum absolute atomic E-state index is 6.14. The van der Waals surface area contributed by atoms with Gasteiger partial charge in [0.25, 0.3) is 0 Å². The molecular formula is C19H25BN2O3. The minimum atomic E-state index is -0.508. The highest BCUT2D eigenvalue weighted by molar-refractivity contribution is 6.63. The number of nitrogens with one attached hydrogen (secondary N) is 1. The predicted octanol–water partition coefficient (Wildman–Crippen LogP) is 3.00. The quantitative estimate of drug-likeness (QED) is 0.848. The summed E-state index contributed by atoms with van der Waals surface area (Å²) in [5.41, 5.74) is 2.08. The minimum Gasteiger partial charge on any atom is -0.481 e. The van der Waals surface area contributed by atoms with Gasteiger partial charge in [0.2, 0.25) is 5.88 Å². The van der Waals surface area contributed by atoms with E-state index in [0.29, 0.717) is 5.88 Å². The maximum atomic E-state index is 6.14. The average molecular weight is 340 g/mol. The van der Waals surface area contributed by atoms with Crippen LogP contribution in [0.1, 0.15) is 33.3 Å². The van der Waals surface area contributed by atoms with Crippen LogP contribution in [0.2, 0.25) is 0 Å². The van der Waals surface area contributed by atoms with Crippen LogP contribution in [-0.4, -0.2) is 30.4 Å². The van der Waals surface area contributed by atoms with Crippen molar-refractivity contribution >= 4 is 18.3 Å². The van der Waals surface area contributed by atoms with Crippen molar-refractivity contribution in [3.8, 4) is 5.88 Å². The zero-order valence-corrected chi connectivity index (χ0v) is 15.5. The molecule has 0 atom stereocenters. The van der Waals surface area contributed by atoms with Crippen LogP contribution in [0.3, 0.4) is 0 Å². The Kier molecular flexibility index (Phi) is 4.76. The Hall–Kier alpha value is -2.05. The lowest BCUT2D eigenvalue weighted by Gasteiger charge is -2.32. The third-order valence-electron chi connectivity index (χ3n) is 4.92. The minimum absolute atomic E-state index is 0.407. The second-order valence-corrected chi connectivity index (χ2v) is 7.25. The molecule has 1 fully saturated rings. The molecule has 2 aromatic rings. The summed E-state index contributed by atoms with van der Waals surface area (Å²) in [4.78, 5) is 4.40. The van der Waals surface area contributed by atoms with E-state index >= 15 is 0 Å². The van der Waals surface area contributed by atoms with E-state index in [1.807, 2.05) is 52.0 Å². The van der Waals surface area contributed by atoms with Crippen molar-refractivity contribution in [2.24, 2.45) is 0 Å². The van der Waals surface area contributed by atoms with E-state index in [-0.39, 0.29) is 0 Å². The number of hydrogen-bond donors (Lipinski definition) is 1. The Labute approximate surface area is 149 Å². The molecule has 1 aromatic heterocycles. The van der Waals surface area contributed by atoms with Crippen LogP contribution in [0.25, 0.3) is 0 Å². The first-order valence-electron chi connectivity index (χ1n) is 8.50. The number of aromatic nitrogens is 1. The normalized spacial score (nSPS) is 18.2. The topological polar surface area (TPSA) is 52.6 Å². The third kappa shape index (κ3) is 3.65. The number of hydrogen-bond acceptors (Lipinski definition) is 5. The predicted molar refractivity (Wildman–Crippen MR) is 100 cm³/mol. The van der Waals surface area contributed by atoms with E-state index < -0.39 is 18.3 Å². The summed E-state index contributed by atoms with van der Waals surface area (Å²) < 4.78 is 17.7. The van der Waals surface area contributed by atoms with Crippen molar-refractivity contribution in [1.82, 2.24) is 4.98 Å². The van der Waals surface area contributed by atoms with E-state index in [0.717, 1.165) is 17.7 Å². The summed E-state index contributed by atoms with van der Waals surface area (Å²) in [5.74, 6) is 0.517. The zero-order valence-electron chi connectivity index (χ0n) is 15.5. The molecule has 1 aromatic carbocycles. The van der Waals surface area contributed by atoms with Crippen molar-refractivity contribution in [2.75, 3.05) is 12.4 Å². The number of anilines is 1. The first-order valence-corrected chi connectivity index (χ1v) is 8.50. The van der Waals surface area contributed by atoms with Crippen LogP contribution in [0.5, 0.6) is 5.88 Å². The van der Waals surface area contributed by atoms with Crippen LogP contribution < -0.4 is 15.5 Å². The fourth-order valence-corrected chi connectivity index (χ4v) is 2.68. The van der Waals surface area contributed by atoms with E-state index in [4.69, 9.17) is 14.0 Å². The molecule has 0 saturated carbocycles. The highest BCUT2D eigenvalue weighted by Crippen LogP contribution is 2.37. The van der Waals surface area contributed by atoms with E-state index in [2.05, 4.69) is 22.4 Å². The van der Waals surface area contributed by atoms with Gasteiger partial charge in [-0.25, -0.2) is 4.98 Å². The van der Waals surface area contributed by atoms with Crippen LogP contribution in [0, 0.1) is 0 Å². The molecule has 0 aliphatic carbocycles. The SMILES string of the molecule is COc1ncc(NCc2ccccc2)cc1B1OC(C)(C)C(C)(C)O1. The summed E-state index contributed by atoms with van der Waals surface area (Å²) in [7, 11) is 1.10. The number of rotatable bonds is 5. The summed E-state index contributed by atoms with van der Waals surface area (Å²) in [5, 5.41) is 3.39. The highest BCUT2D eigenvalue weighted by atomic mass is 16.7. The van der Waals surface area contributed by atoms with Crippen LogP contribution in [-0.2, 0) is 15.9 Å². The molecule has 3 rings (SSSR count). The Morgan fingerprint density at radius 1 is 1.08 bits per heavy atom. The molecule has 0 radical (unpaired) electrons. The number of benzene rings is 1. The summed E-state index contributed by atoms with van der Waals surface area (Å²) in [6, 6.07) is 12.2. The molecule has 0 bridgehead atoms. The second kappa shape index (κ2) is 6.69. The van der Waals surface area contributed by atoms with Gasteiger partial charge in [-0.15, -0.1) is 0 Å². The molecule has 0 unspecified atom stereocenters. The van der Waals surface area contributed by atoms with Crippen molar-refractivity contribution in [1.29, 1.82) is 0 Å². The molecule has 0 amide bonds. The fourth-order valence-electron chi connectivity index (χ4n) is 2.68. The van der Waals surface area contributed by atoms with Crippen LogP contribution in [0.4, 0.5) is 5.69 Å². The van der Waals surface area contributed by atoms with Crippen molar-refractivity contribution < 1.29 is 14.0 Å². The lowest BCUT2D eigenvalue weighted by molar-refractivity contribution is 0.00578. The van der Waals surface area contributed by atoms with Crippen LogP contribution >= 0.6 is 0 Å². The van der Waals surface area contributed by atoms with Gasteiger partial charge in [-0.05, 0) is 39.3 Å². The van der Waals surface area contributed by atoms with Crippen molar-refractivity contribution in [3.63, 3.8) is 0 Å². The van der Waals surface area contributed by atoms with Gasteiger partial charge in [0.05, 0.1) is 30.2 Å². The zero-order chi connectivity index (χ0) is 18.1. The number of methoxy groups -OCH3 is 1. The largest absolute Gasteiger partial charge is 0.500 e. The molecule has 1 aliphatic rings. The van der Waals surface area contributed by atoms with Crippen molar-refractivity contribution in [2.45, 2.75) is 45.4 Å². The standard InChI is InChI=1S/C19H25BN2O3/c1-18(2)19(3,4)25-20(24-18)16-11-15(13-22-17(16)23-5)21-12-14-9-7-6-8-10-14/h6-11,13,21H,12H2,1-5H3. The van der Waals surface area contributed by atoms with Crippen molar-refractivity contribution in [3.05, 3.63) is 48.2 Å². The highest BCUT2D eigenvalue weighted by Gasteiger charge is 2.52. The molecule has 1 saturated heterocycles. The maximum Gasteiger partial charge on any atom is 0.500 e. The average Bonchev–Trinajstić information content (AvgIpc) is 2.81. The van der Waals surface area contributed by atoms with Crippen LogP contribution in [0.15, 0.2) is 42.6 Å². The van der Waals surface area contributed by atoms with Gasteiger partial charge >= 0.3 is 7.12 Å². The lowest BCUT2D eigenvalue weighted by Crippen LogP contribution is -2.41. The Morgan fingerprint density at radius 2 is 1.72 bits per heavy atom. The monoisotopic (exact) mass is 340 g/mol. The second-order valence-electron chi connectivity index (χ2n) is 7.25. The fraction of sp³-hybridized carbons (Fsp3) is 0.421. The van der Waals surface area contributed by atoms with Gasteiger partial charge in [-0.3, -0.25) is 0 Å². The van der Waals surface area contributed by atoms with Gasteiger partial charge in [-0.2, -0.15) is 0 Å². The molecule has 1 N–H and O–H groups in total. The summed E-state index contributed by atoms with van der Waals surface area (Å²) >= 11 is 0. The Bertz CT molecular complexity index is 719.